The molecule has 0 saturated carbocycles. The predicted molar refractivity (Wildman–Crippen MR) is 85.5 cm³/mol. The summed E-state index contributed by atoms with van der Waals surface area (Å²) in [4.78, 5) is 14.8. The zero-order valence-corrected chi connectivity index (χ0v) is 12.5. The average molecular weight is 309 g/mol. The maximum atomic E-state index is 13.1. The number of para-hydroxylation sites is 1. The first-order valence-corrected chi connectivity index (χ1v) is 7.73. The van der Waals surface area contributed by atoms with Gasteiger partial charge in [-0.25, -0.2) is 4.39 Å². The van der Waals surface area contributed by atoms with Crippen LogP contribution >= 0.6 is 0 Å². The van der Waals surface area contributed by atoms with Gasteiger partial charge in [0, 0.05) is 11.9 Å². The molecule has 1 aliphatic rings. The Balaban J connectivity index is 1.68. The van der Waals surface area contributed by atoms with Crippen molar-refractivity contribution in [3.05, 3.63) is 65.6 Å². The van der Waals surface area contributed by atoms with Crippen LogP contribution in [0.15, 0.2) is 48.5 Å². The average Bonchev–Trinajstić information content (AvgIpc) is 3.22. The molecule has 23 heavy (non-hydrogen) atoms. The van der Waals surface area contributed by atoms with Gasteiger partial charge in [0.25, 0.3) is 5.91 Å². The zero-order chi connectivity index (χ0) is 15.8. The summed E-state index contributed by atoms with van der Waals surface area (Å²) in [6.45, 7) is 0.696. The van der Waals surface area contributed by atoms with E-state index in [0.717, 1.165) is 29.3 Å². The Labute approximate surface area is 132 Å². The molecule has 1 aromatic heterocycles. The number of carbonyl (C=O) groups is 1. The van der Waals surface area contributed by atoms with Crippen LogP contribution in [0, 0.1) is 5.82 Å². The molecule has 1 N–H and O–H groups in total. The van der Waals surface area contributed by atoms with Crippen molar-refractivity contribution in [2.24, 2.45) is 0 Å². The number of H-pyrrole nitrogens is 1. The highest BCUT2D eigenvalue weighted by atomic mass is 19.1. The van der Waals surface area contributed by atoms with Crippen molar-refractivity contribution in [1.82, 2.24) is 15.1 Å². The van der Waals surface area contributed by atoms with Crippen molar-refractivity contribution in [1.29, 1.82) is 0 Å². The molecule has 0 aliphatic carbocycles. The third-order valence-electron chi connectivity index (χ3n) is 4.44. The molecule has 0 bridgehead atoms. The molecular weight excluding hydrogens is 293 g/mol. The molecule has 5 heteroatoms. The van der Waals surface area contributed by atoms with Crippen molar-refractivity contribution in [2.75, 3.05) is 6.54 Å². The third-order valence-corrected chi connectivity index (χ3v) is 4.44. The highest BCUT2D eigenvalue weighted by Gasteiger charge is 2.32. The van der Waals surface area contributed by atoms with E-state index < -0.39 is 0 Å². The number of hydrogen-bond donors (Lipinski definition) is 1. The van der Waals surface area contributed by atoms with Gasteiger partial charge in [-0.05, 0) is 36.6 Å². The number of amides is 1. The van der Waals surface area contributed by atoms with Crippen LogP contribution in [0.3, 0.4) is 0 Å². The molecule has 1 saturated heterocycles. The maximum Gasteiger partial charge on any atom is 0.275 e. The summed E-state index contributed by atoms with van der Waals surface area (Å²) in [6, 6.07) is 14.0. The Morgan fingerprint density at radius 1 is 1.17 bits per heavy atom. The van der Waals surface area contributed by atoms with Gasteiger partial charge in [-0.1, -0.05) is 30.3 Å². The molecule has 4 rings (SSSR count). The predicted octanol–water partition coefficient (Wildman–Crippen LogP) is 3.68. The summed E-state index contributed by atoms with van der Waals surface area (Å²) in [7, 11) is 0. The van der Waals surface area contributed by atoms with E-state index in [2.05, 4.69) is 10.2 Å². The highest BCUT2D eigenvalue weighted by Crippen LogP contribution is 2.33. The first kappa shape index (κ1) is 13.9. The fourth-order valence-electron chi connectivity index (χ4n) is 3.30. The lowest BCUT2D eigenvalue weighted by Crippen LogP contribution is -2.31. The summed E-state index contributed by atoms with van der Waals surface area (Å²) in [5.74, 6) is -0.336. The molecule has 1 amide bonds. The maximum absolute atomic E-state index is 13.1. The van der Waals surface area contributed by atoms with E-state index in [-0.39, 0.29) is 17.8 Å². The molecule has 3 aromatic rings. The largest absolute Gasteiger partial charge is 0.330 e. The number of nitrogens with zero attached hydrogens (tertiary/aromatic N) is 2. The lowest BCUT2D eigenvalue weighted by atomic mass is 10.0. The van der Waals surface area contributed by atoms with Gasteiger partial charge in [-0.3, -0.25) is 9.89 Å². The fraction of sp³-hybridized carbons (Fsp3) is 0.222. The standard InChI is InChI=1S/C18H16FN3O/c19-13-9-7-12(8-10-13)16-6-3-11-22(16)18(23)17-14-4-1-2-5-15(14)20-21-17/h1-2,4-5,7-10,16H,3,6,11H2,(H,20,21). The van der Waals surface area contributed by atoms with Gasteiger partial charge in [-0.2, -0.15) is 5.10 Å². The van der Waals surface area contributed by atoms with E-state index in [0.29, 0.717) is 12.2 Å². The van der Waals surface area contributed by atoms with E-state index >= 15 is 0 Å². The van der Waals surface area contributed by atoms with E-state index in [1.807, 2.05) is 29.2 Å². The molecule has 4 nitrogen and oxygen atoms in total. The minimum atomic E-state index is -0.261. The van der Waals surface area contributed by atoms with E-state index in [1.54, 1.807) is 12.1 Å². The number of aromatic amines is 1. The molecule has 0 radical (unpaired) electrons. The van der Waals surface area contributed by atoms with Crippen molar-refractivity contribution in [3.8, 4) is 0 Å². The first-order valence-electron chi connectivity index (χ1n) is 7.73. The number of halogens is 1. The van der Waals surface area contributed by atoms with Crippen LogP contribution in [-0.4, -0.2) is 27.5 Å². The number of aromatic nitrogens is 2. The van der Waals surface area contributed by atoms with Crippen LogP contribution in [0.4, 0.5) is 4.39 Å². The summed E-state index contributed by atoms with van der Waals surface area (Å²) in [5, 5.41) is 7.95. The quantitative estimate of drug-likeness (QED) is 0.785. The van der Waals surface area contributed by atoms with E-state index in [9.17, 15) is 9.18 Å². The number of nitrogens with one attached hydrogen (secondary N) is 1. The topological polar surface area (TPSA) is 49.0 Å². The number of rotatable bonds is 2. The van der Waals surface area contributed by atoms with Crippen LogP contribution in [0.2, 0.25) is 0 Å². The van der Waals surface area contributed by atoms with Crippen LogP contribution < -0.4 is 0 Å². The molecule has 2 aromatic carbocycles. The van der Waals surface area contributed by atoms with E-state index in [1.165, 1.54) is 12.1 Å². The Bertz CT molecular complexity index is 856. The zero-order valence-electron chi connectivity index (χ0n) is 12.5. The van der Waals surface area contributed by atoms with Gasteiger partial charge >= 0.3 is 0 Å². The first-order chi connectivity index (χ1) is 11.2. The van der Waals surface area contributed by atoms with Crippen LogP contribution in [0.25, 0.3) is 10.9 Å². The Kier molecular flexibility index (Phi) is 3.33. The SMILES string of the molecule is O=C(c1n[nH]c2ccccc12)N1CCCC1c1ccc(F)cc1. The van der Waals surface area contributed by atoms with Crippen LogP contribution in [0.5, 0.6) is 0 Å². The summed E-state index contributed by atoms with van der Waals surface area (Å²) >= 11 is 0. The van der Waals surface area contributed by atoms with Crippen molar-refractivity contribution < 1.29 is 9.18 Å². The molecule has 1 aliphatic heterocycles. The number of fused-ring (bicyclic) bond motifs is 1. The third kappa shape index (κ3) is 2.38. The fourth-order valence-corrected chi connectivity index (χ4v) is 3.30. The van der Waals surface area contributed by atoms with Gasteiger partial charge in [-0.15, -0.1) is 0 Å². The summed E-state index contributed by atoms with van der Waals surface area (Å²) in [5.41, 5.74) is 2.28. The molecule has 1 fully saturated rings. The summed E-state index contributed by atoms with van der Waals surface area (Å²) < 4.78 is 13.1. The van der Waals surface area contributed by atoms with Crippen molar-refractivity contribution in [2.45, 2.75) is 18.9 Å². The second-order valence-electron chi connectivity index (χ2n) is 5.83. The second kappa shape index (κ2) is 5.50. The second-order valence-corrected chi connectivity index (χ2v) is 5.83. The van der Waals surface area contributed by atoms with Crippen LogP contribution in [0.1, 0.15) is 34.9 Å². The number of benzene rings is 2. The van der Waals surface area contributed by atoms with Gasteiger partial charge in [0.05, 0.1) is 11.6 Å². The molecule has 1 unspecified atom stereocenters. The minimum absolute atomic E-state index is 0.0152. The van der Waals surface area contributed by atoms with E-state index in [4.69, 9.17) is 0 Å². The highest BCUT2D eigenvalue weighted by molar-refractivity contribution is 6.04. The number of likely N-dealkylation sites (tertiary alicyclic amines) is 1. The molecular formula is C18H16FN3O. The van der Waals surface area contributed by atoms with Crippen molar-refractivity contribution >= 4 is 16.8 Å². The van der Waals surface area contributed by atoms with Crippen LogP contribution in [-0.2, 0) is 0 Å². The minimum Gasteiger partial charge on any atom is -0.330 e. The summed E-state index contributed by atoms with van der Waals surface area (Å²) in [6.07, 6.45) is 1.83. The Hall–Kier alpha value is -2.69. The lowest BCUT2D eigenvalue weighted by Gasteiger charge is -2.24. The van der Waals surface area contributed by atoms with Gasteiger partial charge in [0.2, 0.25) is 0 Å². The Morgan fingerprint density at radius 3 is 2.78 bits per heavy atom. The molecule has 116 valence electrons. The molecule has 1 atom stereocenters. The molecule has 2 heterocycles. The van der Waals surface area contributed by atoms with Crippen molar-refractivity contribution in [3.63, 3.8) is 0 Å². The Morgan fingerprint density at radius 2 is 1.96 bits per heavy atom. The number of hydrogen-bond acceptors (Lipinski definition) is 2. The van der Waals surface area contributed by atoms with Gasteiger partial charge in [0.15, 0.2) is 5.69 Å². The molecule has 0 spiro atoms. The van der Waals surface area contributed by atoms with Gasteiger partial charge < -0.3 is 4.90 Å². The van der Waals surface area contributed by atoms with Gasteiger partial charge in [0.1, 0.15) is 5.82 Å². The normalized spacial score (nSPS) is 17.8. The smallest absolute Gasteiger partial charge is 0.275 e. The lowest BCUT2D eigenvalue weighted by molar-refractivity contribution is 0.0731. The number of carbonyl (C=O) groups excluding carboxylic acids is 1. The monoisotopic (exact) mass is 309 g/mol.